The monoisotopic (exact) mass is 260 g/mol. The van der Waals surface area contributed by atoms with Crippen molar-refractivity contribution in [3.05, 3.63) is 6.33 Å². The number of hydrogen-bond donors (Lipinski definition) is 0. The summed E-state index contributed by atoms with van der Waals surface area (Å²) >= 11 is 0. The van der Waals surface area contributed by atoms with Crippen LogP contribution in [0.2, 0.25) is 0 Å². The average molecular weight is 260 g/mol. The van der Waals surface area contributed by atoms with Crippen LogP contribution < -0.4 is 4.90 Å². The van der Waals surface area contributed by atoms with Crippen molar-refractivity contribution in [2.75, 3.05) is 18.0 Å². The van der Waals surface area contributed by atoms with Gasteiger partial charge < -0.3 is 4.90 Å². The zero-order valence-corrected chi connectivity index (χ0v) is 11.7. The van der Waals surface area contributed by atoms with Gasteiger partial charge in [0.15, 0.2) is 17.0 Å². The molecule has 6 heteroatoms. The molecule has 0 bridgehead atoms. The number of anilines is 1. The number of piperidine rings is 1. The fraction of sp³-hybridized carbons (Fsp3) is 0.692. The number of hydrogen-bond acceptors (Lipinski definition) is 5. The topological polar surface area (TPSA) is 59.7 Å². The minimum absolute atomic E-state index is 0.690. The molecule has 2 aromatic heterocycles. The van der Waals surface area contributed by atoms with Gasteiger partial charge in [0.05, 0.1) is 0 Å². The molecule has 0 saturated carbocycles. The molecule has 19 heavy (non-hydrogen) atoms. The van der Waals surface area contributed by atoms with Crippen LogP contribution in [0.25, 0.3) is 11.2 Å². The minimum atomic E-state index is 0.690. The molecule has 1 fully saturated rings. The normalized spacial score (nSPS) is 24.1. The van der Waals surface area contributed by atoms with Crippen LogP contribution in [-0.2, 0) is 6.54 Å². The van der Waals surface area contributed by atoms with E-state index in [-0.39, 0.29) is 0 Å². The van der Waals surface area contributed by atoms with Gasteiger partial charge in [-0.15, -0.1) is 5.10 Å². The molecular weight excluding hydrogens is 240 g/mol. The molecule has 6 nitrogen and oxygen atoms in total. The third kappa shape index (κ3) is 2.15. The highest BCUT2D eigenvalue weighted by Crippen LogP contribution is 2.28. The van der Waals surface area contributed by atoms with Gasteiger partial charge >= 0.3 is 0 Å². The molecule has 1 saturated heterocycles. The van der Waals surface area contributed by atoms with E-state index in [9.17, 15) is 0 Å². The maximum atomic E-state index is 4.45. The van der Waals surface area contributed by atoms with Gasteiger partial charge in [-0.25, -0.2) is 14.6 Å². The van der Waals surface area contributed by atoms with Crippen molar-refractivity contribution >= 4 is 17.0 Å². The lowest BCUT2D eigenvalue weighted by Gasteiger charge is -2.35. The maximum absolute atomic E-state index is 4.45. The first-order valence-electron chi connectivity index (χ1n) is 6.98. The lowest BCUT2D eigenvalue weighted by Crippen LogP contribution is -2.39. The second-order valence-corrected chi connectivity index (χ2v) is 5.63. The van der Waals surface area contributed by atoms with Crippen LogP contribution in [-0.4, -0.2) is 38.1 Å². The third-order valence-corrected chi connectivity index (χ3v) is 3.75. The van der Waals surface area contributed by atoms with Crippen molar-refractivity contribution in [1.82, 2.24) is 25.0 Å². The summed E-state index contributed by atoms with van der Waals surface area (Å²) in [6, 6.07) is 0. The largest absolute Gasteiger partial charge is 0.354 e. The van der Waals surface area contributed by atoms with E-state index >= 15 is 0 Å². The molecule has 1 aliphatic heterocycles. The van der Waals surface area contributed by atoms with Gasteiger partial charge in [-0.1, -0.05) is 19.1 Å². The van der Waals surface area contributed by atoms with E-state index in [2.05, 4.69) is 39.0 Å². The molecule has 102 valence electrons. The molecule has 0 amide bonds. The Morgan fingerprint density at radius 1 is 1.21 bits per heavy atom. The lowest BCUT2D eigenvalue weighted by molar-refractivity contribution is 0.355. The van der Waals surface area contributed by atoms with Gasteiger partial charge in [-0.3, -0.25) is 0 Å². The van der Waals surface area contributed by atoms with Gasteiger partial charge in [0.2, 0.25) is 0 Å². The first-order chi connectivity index (χ1) is 9.19. The predicted octanol–water partition coefficient (Wildman–Crippen LogP) is 1.72. The van der Waals surface area contributed by atoms with Crippen LogP contribution in [0.3, 0.4) is 0 Å². The Morgan fingerprint density at radius 2 is 1.95 bits per heavy atom. The standard InChI is InChI=1S/C13H20N6/c1-4-19-13-11(16-17-19)12(14-8-15-13)18-6-9(2)5-10(3)7-18/h8-10H,4-7H2,1-3H3. The minimum Gasteiger partial charge on any atom is -0.354 e. The van der Waals surface area contributed by atoms with E-state index in [0.717, 1.165) is 36.6 Å². The van der Waals surface area contributed by atoms with Gasteiger partial charge in [0.25, 0.3) is 0 Å². The molecule has 0 radical (unpaired) electrons. The molecule has 3 heterocycles. The van der Waals surface area contributed by atoms with Crippen molar-refractivity contribution in [2.45, 2.75) is 33.7 Å². The Kier molecular flexibility index (Phi) is 3.08. The summed E-state index contributed by atoms with van der Waals surface area (Å²) in [4.78, 5) is 11.1. The smallest absolute Gasteiger partial charge is 0.183 e. The van der Waals surface area contributed by atoms with Gasteiger partial charge in [-0.05, 0) is 25.2 Å². The van der Waals surface area contributed by atoms with Gasteiger partial charge in [0.1, 0.15) is 6.33 Å². The molecule has 2 unspecified atom stereocenters. The fourth-order valence-corrected chi connectivity index (χ4v) is 3.06. The number of rotatable bonds is 2. The molecule has 0 aromatic carbocycles. The molecule has 2 aromatic rings. The molecule has 0 spiro atoms. The number of aryl methyl sites for hydroxylation is 1. The average Bonchev–Trinajstić information content (AvgIpc) is 2.80. The quantitative estimate of drug-likeness (QED) is 0.823. The predicted molar refractivity (Wildman–Crippen MR) is 74.0 cm³/mol. The van der Waals surface area contributed by atoms with E-state index in [1.807, 2.05) is 11.6 Å². The summed E-state index contributed by atoms with van der Waals surface area (Å²) in [5.74, 6) is 2.31. The Labute approximate surface area is 112 Å². The van der Waals surface area contributed by atoms with Crippen LogP contribution in [0.15, 0.2) is 6.33 Å². The highest BCUT2D eigenvalue weighted by Gasteiger charge is 2.25. The first-order valence-corrected chi connectivity index (χ1v) is 6.98. The van der Waals surface area contributed by atoms with E-state index in [0.29, 0.717) is 11.8 Å². The summed E-state index contributed by atoms with van der Waals surface area (Å²) in [5.41, 5.74) is 1.66. The van der Waals surface area contributed by atoms with E-state index in [1.54, 1.807) is 6.33 Å². The van der Waals surface area contributed by atoms with Gasteiger partial charge in [-0.2, -0.15) is 0 Å². The van der Waals surface area contributed by atoms with Crippen LogP contribution in [0.1, 0.15) is 27.2 Å². The Morgan fingerprint density at radius 3 is 2.63 bits per heavy atom. The zero-order valence-electron chi connectivity index (χ0n) is 11.7. The van der Waals surface area contributed by atoms with Crippen molar-refractivity contribution in [3.63, 3.8) is 0 Å². The Balaban J connectivity index is 2.02. The molecule has 1 aliphatic rings. The second-order valence-electron chi connectivity index (χ2n) is 5.63. The highest BCUT2D eigenvalue weighted by atomic mass is 15.4. The second kappa shape index (κ2) is 4.75. The third-order valence-electron chi connectivity index (χ3n) is 3.75. The van der Waals surface area contributed by atoms with Crippen LogP contribution >= 0.6 is 0 Å². The summed E-state index contributed by atoms with van der Waals surface area (Å²) in [6.07, 6.45) is 2.91. The maximum Gasteiger partial charge on any atom is 0.183 e. The van der Waals surface area contributed by atoms with Crippen LogP contribution in [0, 0.1) is 11.8 Å². The summed E-state index contributed by atoms with van der Waals surface area (Å²) < 4.78 is 1.82. The number of aromatic nitrogens is 5. The molecular formula is C13H20N6. The van der Waals surface area contributed by atoms with Gasteiger partial charge in [0, 0.05) is 19.6 Å². The van der Waals surface area contributed by atoms with Crippen molar-refractivity contribution in [3.8, 4) is 0 Å². The summed E-state index contributed by atoms with van der Waals surface area (Å²) in [7, 11) is 0. The van der Waals surface area contributed by atoms with Crippen molar-refractivity contribution in [1.29, 1.82) is 0 Å². The summed E-state index contributed by atoms with van der Waals surface area (Å²) in [5, 5.41) is 8.41. The fourth-order valence-electron chi connectivity index (χ4n) is 3.06. The molecule has 0 aliphatic carbocycles. The lowest BCUT2D eigenvalue weighted by atomic mass is 9.92. The molecule has 0 N–H and O–H groups in total. The first kappa shape index (κ1) is 12.3. The molecule has 2 atom stereocenters. The van der Waals surface area contributed by atoms with Crippen molar-refractivity contribution in [2.24, 2.45) is 11.8 Å². The highest BCUT2D eigenvalue weighted by molar-refractivity contribution is 5.82. The SMILES string of the molecule is CCn1nnc2c(N3CC(C)CC(C)C3)ncnc21. The van der Waals surface area contributed by atoms with Crippen molar-refractivity contribution < 1.29 is 0 Å². The summed E-state index contributed by atoms with van der Waals surface area (Å²) in [6.45, 7) is 9.49. The van der Waals surface area contributed by atoms with Crippen LogP contribution in [0.5, 0.6) is 0 Å². The van der Waals surface area contributed by atoms with E-state index in [1.165, 1.54) is 6.42 Å². The number of fused-ring (bicyclic) bond motifs is 1. The Hall–Kier alpha value is -1.72. The van der Waals surface area contributed by atoms with E-state index < -0.39 is 0 Å². The Bertz CT molecular complexity index is 568. The molecule has 3 rings (SSSR count). The zero-order chi connectivity index (χ0) is 13.4. The number of nitrogens with zero attached hydrogens (tertiary/aromatic N) is 6. The van der Waals surface area contributed by atoms with Crippen LogP contribution in [0.4, 0.5) is 5.82 Å². The van der Waals surface area contributed by atoms with E-state index in [4.69, 9.17) is 0 Å².